The average Bonchev–Trinajstić information content (AvgIpc) is 2.30. The normalized spacial score (nSPS) is 10.4. The molecule has 0 amide bonds. The van der Waals surface area contributed by atoms with E-state index in [0.717, 1.165) is 22.4 Å². The number of hydrogen-bond donors (Lipinski definition) is 1. The summed E-state index contributed by atoms with van der Waals surface area (Å²) >= 11 is 6.14. The van der Waals surface area contributed by atoms with Crippen molar-refractivity contribution in [1.82, 2.24) is 0 Å². The summed E-state index contributed by atoms with van der Waals surface area (Å²) in [5.74, 6) is -0.204. The number of aryl methyl sites for hydroxylation is 2. The van der Waals surface area contributed by atoms with Crippen LogP contribution in [0.4, 0.5) is 10.1 Å². The summed E-state index contributed by atoms with van der Waals surface area (Å²) in [6.07, 6.45) is 0. The van der Waals surface area contributed by atoms with Gasteiger partial charge in [-0.1, -0.05) is 23.7 Å². The van der Waals surface area contributed by atoms with Crippen molar-refractivity contribution in [3.8, 4) is 0 Å². The third-order valence-corrected chi connectivity index (χ3v) is 3.21. The molecule has 0 saturated heterocycles. The van der Waals surface area contributed by atoms with Crippen LogP contribution < -0.4 is 5.32 Å². The highest BCUT2D eigenvalue weighted by molar-refractivity contribution is 6.33. The summed E-state index contributed by atoms with van der Waals surface area (Å²) in [6.45, 7) is 4.53. The highest BCUT2D eigenvalue weighted by Crippen LogP contribution is 2.23. The SMILES string of the molecule is Cc1ccc(NCc2ccc(F)cc2C)c(Cl)c1. The van der Waals surface area contributed by atoms with Crippen LogP contribution in [0.15, 0.2) is 36.4 Å². The largest absolute Gasteiger partial charge is 0.380 e. The zero-order valence-corrected chi connectivity index (χ0v) is 11.2. The lowest BCUT2D eigenvalue weighted by atomic mass is 10.1. The van der Waals surface area contributed by atoms with Gasteiger partial charge in [-0.2, -0.15) is 0 Å². The molecule has 0 unspecified atom stereocenters. The van der Waals surface area contributed by atoms with E-state index < -0.39 is 0 Å². The molecule has 0 spiro atoms. The van der Waals surface area contributed by atoms with Gasteiger partial charge in [-0.3, -0.25) is 0 Å². The smallest absolute Gasteiger partial charge is 0.123 e. The first-order valence-corrected chi connectivity index (χ1v) is 6.19. The molecule has 0 fully saturated rings. The maximum atomic E-state index is 13.0. The van der Waals surface area contributed by atoms with E-state index in [9.17, 15) is 4.39 Å². The first kappa shape index (κ1) is 12.9. The molecular weight excluding hydrogens is 249 g/mol. The van der Waals surface area contributed by atoms with E-state index in [0.29, 0.717) is 11.6 Å². The van der Waals surface area contributed by atoms with Gasteiger partial charge in [0.1, 0.15) is 5.82 Å². The number of rotatable bonds is 3. The van der Waals surface area contributed by atoms with Gasteiger partial charge in [-0.15, -0.1) is 0 Å². The molecule has 1 nitrogen and oxygen atoms in total. The fraction of sp³-hybridized carbons (Fsp3) is 0.200. The second-order valence-electron chi connectivity index (χ2n) is 4.41. The fourth-order valence-corrected chi connectivity index (χ4v) is 2.11. The Morgan fingerprint density at radius 1 is 1.11 bits per heavy atom. The van der Waals surface area contributed by atoms with Crippen LogP contribution in [0.5, 0.6) is 0 Å². The van der Waals surface area contributed by atoms with Crippen LogP contribution in [-0.2, 0) is 6.54 Å². The molecule has 0 heterocycles. The minimum absolute atomic E-state index is 0.204. The molecule has 0 saturated carbocycles. The van der Waals surface area contributed by atoms with E-state index in [1.165, 1.54) is 12.1 Å². The molecule has 0 aliphatic rings. The van der Waals surface area contributed by atoms with E-state index in [1.54, 1.807) is 6.07 Å². The summed E-state index contributed by atoms with van der Waals surface area (Å²) < 4.78 is 13.0. The lowest BCUT2D eigenvalue weighted by Crippen LogP contribution is -2.02. The highest BCUT2D eigenvalue weighted by Gasteiger charge is 2.03. The van der Waals surface area contributed by atoms with Gasteiger partial charge >= 0.3 is 0 Å². The average molecular weight is 264 g/mol. The van der Waals surface area contributed by atoms with E-state index in [4.69, 9.17) is 11.6 Å². The topological polar surface area (TPSA) is 12.0 Å². The maximum absolute atomic E-state index is 13.0. The monoisotopic (exact) mass is 263 g/mol. The molecule has 2 aromatic rings. The lowest BCUT2D eigenvalue weighted by molar-refractivity contribution is 0.625. The fourth-order valence-electron chi connectivity index (χ4n) is 1.81. The summed E-state index contributed by atoms with van der Waals surface area (Å²) in [5, 5.41) is 3.97. The Balaban J connectivity index is 2.11. The summed E-state index contributed by atoms with van der Waals surface area (Å²) in [4.78, 5) is 0. The third kappa shape index (κ3) is 3.02. The van der Waals surface area contributed by atoms with E-state index in [1.807, 2.05) is 32.0 Å². The van der Waals surface area contributed by atoms with Gasteiger partial charge in [-0.25, -0.2) is 4.39 Å². The molecule has 0 bridgehead atoms. The standard InChI is InChI=1S/C15H15ClFN/c1-10-3-6-15(14(16)7-10)18-9-12-4-5-13(17)8-11(12)2/h3-8,18H,9H2,1-2H3. The Morgan fingerprint density at radius 3 is 2.56 bits per heavy atom. The third-order valence-electron chi connectivity index (χ3n) is 2.90. The molecule has 3 heteroatoms. The summed E-state index contributed by atoms with van der Waals surface area (Å²) in [6, 6.07) is 10.7. The first-order chi connectivity index (χ1) is 8.56. The molecule has 0 aliphatic carbocycles. The van der Waals surface area contributed by atoms with E-state index >= 15 is 0 Å². The molecule has 2 aromatic carbocycles. The van der Waals surface area contributed by atoms with Crippen molar-refractivity contribution in [1.29, 1.82) is 0 Å². The van der Waals surface area contributed by atoms with Crippen molar-refractivity contribution >= 4 is 17.3 Å². The van der Waals surface area contributed by atoms with Crippen molar-refractivity contribution in [2.75, 3.05) is 5.32 Å². The Bertz CT molecular complexity index is 515. The number of halogens is 2. The zero-order valence-electron chi connectivity index (χ0n) is 10.4. The van der Waals surface area contributed by atoms with Crippen molar-refractivity contribution in [2.24, 2.45) is 0 Å². The minimum atomic E-state index is -0.204. The van der Waals surface area contributed by atoms with Gasteiger partial charge in [0.05, 0.1) is 10.7 Å². The van der Waals surface area contributed by atoms with Gasteiger partial charge < -0.3 is 5.32 Å². The van der Waals surface area contributed by atoms with Gasteiger partial charge in [0.25, 0.3) is 0 Å². The Labute approximate surface area is 112 Å². The molecule has 2 rings (SSSR count). The number of nitrogens with one attached hydrogen (secondary N) is 1. The molecule has 0 radical (unpaired) electrons. The molecular formula is C15H15ClFN. The van der Waals surface area contributed by atoms with Crippen molar-refractivity contribution in [3.63, 3.8) is 0 Å². The zero-order chi connectivity index (χ0) is 13.1. The first-order valence-electron chi connectivity index (χ1n) is 5.81. The van der Waals surface area contributed by atoms with Gasteiger partial charge in [0, 0.05) is 6.54 Å². The second kappa shape index (κ2) is 5.40. The molecule has 1 N–H and O–H groups in total. The summed E-state index contributed by atoms with van der Waals surface area (Å²) in [5.41, 5.74) is 4.02. The molecule has 0 atom stereocenters. The lowest BCUT2D eigenvalue weighted by Gasteiger charge is -2.11. The molecule has 94 valence electrons. The Hall–Kier alpha value is -1.54. The Morgan fingerprint density at radius 2 is 1.89 bits per heavy atom. The van der Waals surface area contributed by atoms with Crippen LogP contribution in [0.2, 0.25) is 5.02 Å². The molecule has 18 heavy (non-hydrogen) atoms. The van der Waals surface area contributed by atoms with Crippen LogP contribution in [0.25, 0.3) is 0 Å². The van der Waals surface area contributed by atoms with E-state index in [-0.39, 0.29) is 5.82 Å². The van der Waals surface area contributed by atoms with Crippen molar-refractivity contribution in [2.45, 2.75) is 20.4 Å². The Kier molecular flexibility index (Phi) is 3.87. The van der Waals surface area contributed by atoms with E-state index in [2.05, 4.69) is 5.32 Å². The van der Waals surface area contributed by atoms with Crippen LogP contribution >= 0.6 is 11.6 Å². The van der Waals surface area contributed by atoms with Crippen LogP contribution in [0.3, 0.4) is 0 Å². The van der Waals surface area contributed by atoms with Crippen LogP contribution in [0, 0.1) is 19.7 Å². The van der Waals surface area contributed by atoms with Crippen molar-refractivity contribution in [3.05, 3.63) is 63.9 Å². The predicted octanol–water partition coefficient (Wildman–Crippen LogP) is 4.71. The molecule has 0 aromatic heterocycles. The quantitative estimate of drug-likeness (QED) is 0.846. The molecule has 0 aliphatic heterocycles. The van der Waals surface area contributed by atoms with Gasteiger partial charge in [-0.05, 0) is 54.8 Å². The number of anilines is 1. The van der Waals surface area contributed by atoms with Gasteiger partial charge in [0.2, 0.25) is 0 Å². The number of benzene rings is 2. The highest BCUT2D eigenvalue weighted by atomic mass is 35.5. The van der Waals surface area contributed by atoms with Crippen LogP contribution in [-0.4, -0.2) is 0 Å². The minimum Gasteiger partial charge on any atom is -0.380 e. The second-order valence-corrected chi connectivity index (χ2v) is 4.81. The van der Waals surface area contributed by atoms with Crippen molar-refractivity contribution < 1.29 is 4.39 Å². The van der Waals surface area contributed by atoms with Gasteiger partial charge in [0.15, 0.2) is 0 Å². The number of hydrogen-bond acceptors (Lipinski definition) is 1. The summed E-state index contributed by atoms with van der Waals surface area (Å²) in [7, 11) is 0. The maximum Gasteiger partial charge on any atom is 0.123 e. The predicted molar refractivity (Wildman–Crippen MR) is 74.7 cm³/mol. The van der Waals surface area contributed by atoms with Crippen LogP contribution in [0.1, 0.15) is 16.7 Å².